The summed E-state index contributed by atoms with van der Waals surface area (Å²) in [5, 5.41) is 10.6. The molecule has 6 heteroatoms. The maximum absolute atomic E-state index is 12.1. The highest BCUT2D eigenvalue weighted by Crippen LogP contribution is 2.15. The Morgan fingerprint density at radius 3 is 2.83 bits per heavy atom. The van der Waals surface area contributed by atoms with Gasteiger partial charge in [-0.3, -0.25) is 14.1 Å². The molecule has 3 rings (SSSR count). The van der Waals surface area contributed by atoms with E-state index in [0.29, 0.717) is 23.8 Å². The van der Waals surface area contributed by atoms with Crippen LogP contribution in [0.3, 0.4) is 0 Å². The molecule has 1 N–H and O–H groups in total. The van der Waals surface area contributed by atoms with E-state index in [0.717, 1.165) is 5.56 Å². The lowest BCUT2D eigenvalue weighted by Crippen LogP contribution is -2.21. The zero-order chi connectivity index (χ0) is 16.4. The fraction of sp³-hybridized carbons (Fsp3) is 0.176. The van der Waals surface area contributed by atoms with Gasteiger partial charge < -0.3 is 5.11 Å². The largest absolute Gasteiger partial charge is 0.504 e. The Hall–Kier alpha value is -2.37. The van der Waals surface area contributed by atoms with Crippen LogP contribution >= 0.6 is 11.6 Å². The molecule has 0 aliphatic heterocycles. The third-order valence-electron chi connectivity index (χ3n) is 3.50. The quantitative estimate of drug-likeness (QED) is 0.799. The lowest BCUT2D eigenvalue weighted by molar-refractivity contribution is 0.315. The van der Waals surface area contributed by atoms with Gasteiger partial charge in [0.05, 0.1) is 5.69 Å². The Kier molecular flexibility index (Phi) is 4.32. The Labute approximate surface area is 138 Å². The fourth-order valence-corrected chi connectivity index (χ4v) is 2.73. The van der Waals surface area contributed by atoms with Crippen molar-refractivity contribution in [3.8, 4) is 5.75 Å². The van der Waals surface area contributed by atoms with Gasteiger partial charge in [0.15, 0.2) is 11.4 Å². The van der Waals surface area contributed by atoms with Crippen molar-refractivity contribution in [2.24, 2.45) is 0 Å². The first-order valence-corrected chi connectivity index (χ1v) is 7.54. The van der Waals surface area contributed by atoms with Gasteiger partial charge in [-0.2, -0.15) is 0 Å². The maximum Gasteiger partial charge on any atom is 0.258 e. The first-order valence-electron chi connectivity index (χ1n) is 7.16. The van der Waals surface area contributed by atoms with Gasteiger partial charge in [-0.15, -0.1) is 0 Å². The second-order valence-corrected chi connectivity index (χ2v) is 5.91. The normalized spacial score (nSPS) is 11.3. The van der Waals surface area contributed by atoms with Crippen molar-refractivity contribution in [3.05, 3.63) is 75.3 Å². The van der Waals surface area contributed by atoms with E-state index in [-0.39, 0.29) is 17.0 Å². The molecule has 5 nitrogen and oxygen atoms in total. The summed E-state index contributed by atoms with van der Waals surface area (Å²) in [6, 6.07) is 12.3. The van der Waals surface area contributed by atoms with E-state index in [1.54, 1.807) is 12.3 Å². The molecule has 2 heterocycles. The molecule has 118 valence electrons. The van der Waals surface area contributed by atoms with Gasteiger partial charge >= 0.3 is 0 Å². The second-order valence-electron chi connectivity index (χ2n) is 5.47. The standard InChI is InChI=1S/C17H16ClN3O2/c1-20(10-12-4-2-5-13(18)8-12)11-14-9-16(23)21-7-3-6-15(22)17(21)19-14/h2-9,22H,10-11H2,1H3. The summed E-state index contributed by atoms with van der Waals surface area (Å²) in [7, 11) is 1.94. The van der Waals surface area contributed by atoms with E-state index < -0.39 is 0 Å². The number of hydrogen-bond donors (Lipinski definition) is 1. The topological polar surface area (TPSA) is 57.8 Å². The van der Waals surface area contributed by atoms with Crippen LogP contribution < -0.4 is 5.56 Å². The van der Waals surface area contributed by atoms with Crippen molar-refractivity contribution < 1.29 is 5.11 Å². The van der Waals surface area contributed by atoms with Gasteiger partial charge in [-0.1, -0.05) is 23.7 Å². The predicted molar refractivity (Wildman–Crippen MR) is 89.7 cm³/mol. The summed E-state index contributed by atoms with van der Waals surface area (Å²) >= 11 is 5.99. The van der Waals surface area contributed by atoms with Gasteiger partial charge in [-0.05, 0) is 36.9 Å². The third-order valence-corrected chi connectivity index (χ3v) is 3.73. The van der Waals surface area contributed by atoms with Crippen molar-refractivity contribution in [2.75, 3.05) is 7.05 Å². The van der Waals surface area contributed by atoms with Gasteiger partial charge in [0.2, 0.25) is 0 Å². The van der Waals surface area contributed by atoms with Crippen LogP contribution in [0, 0.1) is 0 Å². The summed E-state index contributed by atoms with van der Waals surface area (Å²) in [5.41, 5.74) is 1.75. The Morgan fingerprint density at radius 2 is 2.04 bits per heavy atom. The molecule has 23 heavy (non-hydrogen) atoms. The Morgan fingerprint density at radius 1 is 1.22 bits per heavy atom. The van der Waals surface area contributed by atoms with E-state index in [1.807, 2.05) is 36.2 Å². The number of aromatic hydroxyl groups is 1. The highest BCUT2D eigenvalue weighted by Gasteiger charge is 2.08. The van der Waals surface area contributed by atoms with Crippen LogP contribution in [0.2, 0.25) is 5.02 Å². The molecule has 0 bridgehead atoms. The molecule has 1 aromatic carbocycles. The van der Waals surface area contributed by atoms with Gasteiger partial charge in [0.1, 0.15) is 0 Å². The summed E-state index contributed by atoms with van der Waals surface area (Å²) in [4.78, 5) is 18.5. The fourth-order valence-electron chi connectivity index (χ4n) is 2.52. The van der Waals surface area contributed by atoms with Crippen LogP contribution in [0.25, 0.3) is 5.65 Å². The second kappa shape index (κ2) is 6.40. The average molecular weight is 330 g/mol. The van der Waals surface area contributed by atoms with Crippen molar-refractivity contribution >= 4 is 17.2 Å². The number of pyridine rings is 1. The minimum Gasteiger partial charge on any atom is -0.504 e. The molecule has 0 aliphatic carbocycles. The van der Waals surface area contributed by atoms with Gasteiger partial charge in [0, 0.05) is 30.4 Å². The molecule has 0 radical (unpaired) electrons. The molecule has 0 fully saturated rings. The Balaban J connectivity index is 1.83. The van der Waals surface area contributed by atoms with Gasteiger partial charge in [-0.25, -0.2) is 4.98 Å². The first-order chi connectivity index (χ1) is 11.0. The van der Waals surface area contributed by atoms with Crippen LogP contribution in [-0.2, 0) is 13.1 Å². The molecule has 3 aromatic rings. The number of hydrogen-bond acceptors (Lipinski definition) is 4. The van der Waals surface area contributed by atoms with E-state index >= 15 is 0 Å². The van der Waals surface area contributed by atoms with Crippen LogP contribution in [0.5, 0.6) is 5.75 Å². The minimum atomic E-state index is -0.211. The van der Waals surface area contributed by atoms with Crippen LogP contribution in [0.15, 0.2) is 53.5 Å². The van der Waals surface area contributed by atoms with E-state index in [1.165, 1.54) is 16.5 Å². The molecule has 0 saturated carbocycles. The molecule has 0 amide bonds. The van der Waals surface area contributed by atoms with E-state index in [4.69, 9.17) is 11.6 Å². The number of fused-ring (bicyclic) bond motifs is 1. The van der Waals surface area contributed by atoms with Crippen LogP contribution in [0.1, 0.15) is 11.3 Å². The van der Waals surface area contributed by atoms with Crippen molar-refractivity contribution in [2.45, 2.75) is 13.1 Å². The lowest BCUT2D eigenvalue weighted by atomic mass is 10.2. The summed E-state index contributed by atoms with van der Waals surface area (Å²) < 4.78 is 1.33. The maximum atomic E-state index is 12.1. The molecule has 0 spiro atoms. The third kappa shape index (κ3) is 3.52. The number of nitrogens with zero attached hydrogens (tertiary/aromatic N) is 3. The monoisotopic (exact) mass is 329 g/mol. The molecule has 0 saturated heterocycles. The van der Waals surface area contributed by atoms with Crippen LogP contribution in [-0.4, -0.2) is 26.4 Å². The number of benzene rings is 1. The highest BCUT2D eigenvalue weighted by molar-refractivity contribution is 6.30. The molecule has 0 unspecified atom stereocenters. The zero-order valence-corrected chi connectivity index (χ0v) is 13.4. The number of halogens is 1. The first kappa shape index (κ1) is 15.5. The zero-order valence-electron chi connectivity index (χ0n) is 12.6. The smallest absolute Gasteiger partial charge is 0.258 e. The lowest BCUT2D eigenvalue weighted by Gasteiger charge is -2.16. The predicted octanol–water partition coefficient (Wildman–Crippen LogP) is 2.69. The summed E-state index contributed by atoms with van der Waals surface area (Å²) in [6.45, 7) is 1.18. The highest BCUT2D eigenvalue weighted by atomic mass is 35.5. The molecule has 0 aliphatic rings. The summed E-state index contributed by atoms with van der Waals surface area (Å²) in [6.07, 6.45) is 1.59. The molecule has 0 atom stereocenters. The van der Waals surface area contributed by atoms with Crippen molar-refractivity contribution in [1.29, 1.82) is 0 Å². The molecule has 2 aromatic heterocycles. The Bertz CT molecular complexity index is 908. The van der Waals surface area contributed by atoms with Gasteiger partial charge in [0.25, 0.3) is 5.56 Å². The van der Waals surface area contributed by atoms with Crippen molar-refractivity contribution in [1.82, 2.24) is 14.3 Å². The number of aromatic nitrogens is 2. The number of rotatable bonds is 4. The minimum absolute atomic E-state index is 0.0102. The molecular weight excluding hydrogens is 314 g/mol. The molecular formula is C17H16ClN3O2. The SMILES string of the molecule is CN(Cc1cccc(Cl)c1)Cc1cc(=O)n2cccc(O)c2n1. The average Bonchev–Trinajstić information content (AvgIpc) is 2.48. The van der Waals surface area contributed by atoms with Crippen LogP contribution in [0.4, 0.5) is 0 Å². The summed E-state index contributed by atoms with van der Waals surface area (Å²) in [5.74, 6) is -0.0102. The van der Waals surface area contributed by atoms with E-state index in [9.17, 15) is 9.90 Å². The van der Waals surface area contributed by atoms with E-state index in [2.05, 4.69) is 4.98 Å². The van der Waals surface area contributed by atoms with Crippen molar-refractivity contribution in [3.63, 3.8) is 0 Å².